The Balaban J connectivity index is 0. The molecule has 0 saturated heterocycles. The Morgan fingerprint density at radius 3 is 2.20 bits per heavy atom. The van der Waals surface area contributed by atoms with Gasteiger partial charge in [-0.05, 0) is 6.92 Å². The minimum absolute atomic E-state index is 0.683. The van der Waals surface area contributed by atoms with Crippen molar-refractivity contribution >= 4 is 5.90 Å². The van der Waals surface area contributed by atoms with Gasteiger partial charge in [-0.1, -0.05) is 19.9 Å². The molecular formula is C8H17NO. The molecule has 0 amide bonds. The summed E-state index contributed by atoms with van der Waals surface area (Å²) in [6.45, 7) is 7.70. The maximum atomic E-state index is 4.91. The highest BCUT2D eigenvalue weighted by Crippen LogP contribution is 1.80. The molecule has 2 nitrogen and oxygen atoms in total. The molecule has 60 valence electrons. The Kier molecular flexibility index (Phi) is 13.2. The van der Waals surface area contributed by atoms with E-state index in [2.05, 4.69) is 4.99 Å². The van der Waals surface area contributed by atoms with Crippen molar-refractivity contribution in [3.8, 4) is 0 Å². The Labute approximate surface area is 63.6 Å². The van der Waals surface area contributed by atoms with E-state index in [1.807, 2.05) is 26.8 Å². The van der Waals surface area contributed by atoms with E-state index in [9.17, 15) is 0 Å². The van der Waals surface area contributed by atoms with Gasteiger partial charge < -0.3 is 4.74 Å². The summed E-state index contributed by atoms with van der Waals surface area (Å²) in [4.78, 5) is 3.77. The van der Waals surface area contributed by atoms with Crippen molar-refractivity contribution in [2.75, 3.05) is 7.05 Å². The van der Waals surface area contributed by atoms with Gasteiger partial charge in [0.1, 0.15) is 0 Å². The molecule has 0 aliphatic carbocycles. The van der Waals surface area contributed by atoms with Crippen molar-refractivity contribution in [3.63, 3.8) is 0 Å². The van der Waals surface area contributed by atoms with Crippen LogP contribution in [0.1, 0.15) is 27.7 Å². The van der Waals surface area contributed by atoms with E-state index in [-0.39, 0.29) is 0 Å². The first kappa shape index (κ1) is 11.9. The first-order chi connectivity index (χ1) is 4.81. The molecule has 0 radical (unpaired) electrons. The highest BCUT2D eigenvalue weighted by atomic mass is 16.5. The average molecular weight is 143 g/mol. The van der Waals surface area contributed by atoms with E-state index in [0.29, 0.717) is 5.90 Å². The fraction of sp³-hybridized carbons (Fsp3) is 0.625. The summed E-state index contributed by atoms with van der Waals surface area (Å²) < 4.78 is 4.91. The molecule has 0 rings (SSSR count). The van der Waals surface area contributed by atoms with Crippen molar-refractivity contribution in [3.05, 3.63) is 12.3 Å². The number of nitrogens with zero attached hydrogens (tertiary/aromatic N) is 1. The predicted molar refractivity (Wildman–Crippen MR) is 46.3 cm³/mol. The van der Waals surface area contributed by atoms with Crippen LogP contribution in [-0.4, -0.2) is 12.9 Å². The average Bonchev–Trinajstić information content (AvgIpc) is 2.04. The summed E-state index contributed by atoms with van der Waals surface area (Å²) in [7, 11) is 1.69. The number of allylic oxidation sites excluding steroid dienone is 1. The molecule has 10 heavy (non-hydrogen) atoms. The first-order valence-corrected chi connectivity index (χ1v) is 3.52. The van der Waals surface area contributed by atoms with Crippen molar-refractivity contribution in [1.29, 1.82) is 0 Å². The molecule has 0 unspecified atom stereocenters. The fourth-order valence-corrected chi connectivity index (χ4v) is 0.219. The molecule has 0 saturated carbocycles. The van der Waals surface area contributed by atoms with Crippen LogP contribution in [0.2, 0.25) is 0 Å². The maximum absolute atomic E-state index is 4.91. The van der Waals surface area contributed by atoms with E-state index in [1.165, 1.54) is 0 Å². The Morgan fingerprint density at radius 2 is 1.90 bits per heavy atom. The van der Waals surface area contributed by atoms with Crippen LogP contribution in [0.5, 0.6) is 0 Å². The normalized spacial score (nSPS) is 10.7. The zero-order valence-electron chi connectivity index (χ0n) is 7.51. The molecule has 0 atom stereocenters. The van der Waals surface area contributed by atoms with Gasteiger partial charge in [-0.2, -0.15) is 0 Å². The fourth-order valence-electron chi connectivity index (χ4n) is 0.219. The highest BCUT2D eigenvalue weighted by molar-refractivity contribution is 5.73. The minimum Gasteiger partial charge on any atom is -0.452 e. The molecular weight excluding hydrogens is 126 g/mol. The molecule has 0 spiro atoms. The lowest BCUT2D eigenvalue weighted by Gasteiger charge is -1.92. The number of aliphatic imine (C=N–C) groups is 1. The van der Waals surface area contributed by atoms with Crippen LogP contribution >= 0.6 is 0 Å². The van der Waals surface area contributed by atoms with Gasteiger partial charge >= 0.3 is 0 Å². The summed E-state index contributed by atoms with van der Waals surface area (Å²) in [5.74, 6) is 0.683. The Bertz CT molecular complexity index is 106. The standard InChI is InChI=1S/C6H11NO.C2H6/c1-4-5-8-6(2)7-3;1-2/h4-5H,1-3H3;1-2H3/b5-4-,7-6?;. The number of ether oxygens (including phenoxy) is 1. The SMILES string of the molecule is C/C=C\OC(C)=NC.CC. The lowest BCUT2D eigenvalue weighted by Crippen LogP contribution is -1.90. The van der Waals surface area contributed by atoms with Crippen molar-refractivity contribution in [2.24, 2.45) is 4.99 Å². The van der Waals surface area contributed by atoms with Gasteiger partial charge in [0.25, 0.3) is 0 Å². The van der Waals surface area contributed by atoms with Gasteiger partial charge in [-0.3, -0.25) is 4.99 Å². The van der Waals surface area contributed by atoms with Crippen LogP contribution in [0.4, 0.5) is 0 Å². The third kappa shape index (κ3) is 10.2. The number of hydrogen-bond donors (Lipinski definition) is 0. The quantitative estimate of drug-likeness (QED) is 0.314. The summed E-state index contributed by atoms with van der Waals surface area (Å²) in [6, 6.07) is 0. The van der Waals surface area contributed by atoms with Crippen LogP contribution in [-0.2, 0) is 4.74 Å². The van der Waals surface area contributed by atoms with E-state index in [4.69, 9.17) is 4.74 Å². The first-order valence-electron chi connectivity index (χ1n) is 3.52. The van der Waals surface area contributed by atoms with Crippen LogP contribution in [0, 0.1) is 0 Å². The Hall–Kier alpha value is -0.790. The van der Waals surface area contributed by atoms with Crippen LogP contribution in [0.3, 0.4) is 0 Å². The van der Waals surface area contributed by atoms with E-state index in [0.717, 1.165) is 0 Å². The van der Waals surface area contributed by atoms with Crippen molar-refractivity contribution in [2.45, 2.75) is 27.7 Å². The third-order valence-electron chi connectivity index (χ3n) is 0.690. The van der Waals surface area contributed by atoms with Crippen LogP contribution in [0.25, 0.3) is 0 Å². The Morgan fingerprint density at radius 1 is 1.40 bits per heavy atom. The summed E-state index contributed by atoms with van der Waals surface area (Å²) >= 11 is 0. The second-order valence-corrected chi connectivity index (χ2v) is 1.33. The molecule has 0 aliphatic rings. The zero-order chi connectivity index (χ0) is 8.41. The lowest BCUT2D eigenvalue weighted by atomic mass is 10.7. The van der Waals surface area contributed by atoms with Gasteiger partial charge in [0, 0.05) is 14.0 Å². The van der Waals surface area contributed by atoms with Gasteiger partial charge in [-0.15, -0.1) is 0 Å². The monoisotopic (exact) mass is 143 g/mol. The molecule has 0 heterocycles. The largest absolute Gasteiger partial charge is 0.452 e. The molecule has 0 bridgehead atoms. The second-order valence-electron chi connectivity index (χ2n) is 1.33. The summed E-state index contributed by atoms with van der Waals surface area (Å²) in [5.41, 5.74) is 0. The summed E-state index contributed by atoms with van der Waals surface area (Å²) in [6.07, 6.45) is 3.41. The molecule has 0 fully saturated rings. The lowest BCUT2D eigenvalue weighted by molar-refractivity contribution is 0.466. The van der Waals surface area contributed by atoms with Crippen molar-refractivity contribution < 1.29 is 4.74 Å². The van der Waals surface area contributed by atoms with Crippen LogP contribution < -0.4 is 0 Å². The summed E-state index contributed by atoms with van der Waals surface area (Å²) in [5, 5.41) is 0. The zero-order valence-corrected chi connectivity index (χ0v) is 7.51. The van der Waals surface area contributed by atoms with E-state index >= 15 is 0 Å². The molecule has 0 aliphatic heterocycles. The molecule has 0 aromatic rings. The van der Waals surface area contributed by atoms with E-state index < -0.39 is 0 Å². The molecule has 0 N–H and O–H groups in total. The van der Waals surface area contributed by atoms with E-state index in [1.54, 1.807) is 20.2 Å². The third-order valence-corrected chi connectivity index (χ3v) is 0.690. The number of hydrogen-bond acceptors (Lipinski definition) is 2. The second kappa shape index (κ2) is 11.1. The molecule has 0 aromatic carbocycles. The van der Waals surface area contributed by atoms with Crippen LogP contribution in [0.15, 0.2) is 17.3 Å². The minimum atomic E-state index is 0.683. The van der Waals surface area contributed by atoms with Gasteiger partial charge in [-0.25, -0.2) is 0 Å². The molecule has 0 aromatic heterocycles. The highest BCUT2D eigenvalue weighted by Gasteiger charge is 1.78. The topological polar surface area (TPSA) is 21.6 Å². The molecule has 2 heteroatoms. The van der Waals surface area contributed by atoms with Crippen molar-refractivity contribution in [1.82, 2.24) is 0 Å². The number of rotatable bonds is 1. The predicted octanol–water partition coefficient (Wildman–Crippen LogP) is 2.61. The van der Waals surface area contributed by atoms with Gasteiger partial charge in [0.05, 0.1) is 6.26 Å². The maximum Gasteiger partial charge on any atom is 0.185 e. The smallest absolute Gasteiger partial charge is 0.185 e. The van der Waals surface area contributed by atoms with Gasteiger partial charge in [0.2, 0.25) is 0 Å². The van der Waals surface area contributed by atoms with Gasteiger partial charge in [0.15, 0.2) is 5.90 Å².